The van der Waals surface area contributed by atoms with Gasteiger partial charge < -0.3 is 4.74 Å². The van der Waals surface area contributed by atoms with Gasteiger partial charge in [-0.3, -0.25) is 0 Å². The lowest BCUT2D eigenvalue weighted by Gasteiger charge is -2.07. The van der Waals surface area contributed by atoms with Crippen LogP contribution in [-0.2, 0) is 11.3 Å². The van der Waals surface area contributed by atoms with Crippen molar-refractivity contribution in [2.45, 2.75) is 13.5 Å². The lowest BCUT2D eigenvalue weighted by Crippen LogP contribution is -2.09. The zero-order chi connectivity index (χ0) is 13.0. The van der Waals surface area contributed by atoms with E-state index in [0.717, 1.165) is 5.56 Å². The quantitative estimate of drug-likeness (QED) is 0.772. The highest BCUT2D eigenvalue weighted by Gasteiger charge is 2.15. The first-order valence-electron chi connectivity index (χ1n) is 5.64. The first-order chi connectivity index (χ1) is 8.68. The van der Waals surface area contributed by atoms with E-state index in [4.69, 9.17) is 4.74 Å². The smallest absolute Gasteiger partial charge is 0.341 e. The fourth-order valence-electron chi connectivity index (χ4n) is 1.69. The number of halogens is 1. The molecule has 2 aromatic rings. The number of ether oxygens (including phenoxy) is 1. The number of carbonyl (C=O) groups excluding carboxylic acids is 1. The van der Waals surface area contributed by atoms with Gasteiger partial charge in [-0.05, 0) is 24.1 Å². The molecule has 2 rings (SSSR count). The first kappa shape index (κ1) is 12.3. The lowest BCUT2D eigenvalue weighted by atomic mass is 10.1. The van der Waals surface area contributed by atoms with E-state index in [2.05, 4.69) is 0 Å². The molecule has 0 bridgehead atoms. The lowest BCUT2D eigenvalue weighted by molar-refractivity contribution is 0.0466. The monoisotopic (exact) mass is 244 g/mol. The molecule has 92 valence electrons. The molecule has 0 heterocycles. The molecule has 0 radical (unpaired) electrons. The Morgan fingerprint density at radius 1 is 1.11 bits per heavy atom. The molecule has 18 heavy (non-hydrogen) atoms. The highest BCUT2D eigenvalue weighted by Crippen LogP contribution is 2.14. The van der Waals surface area contributed by atoms with Crippen LogP contribution in [0.5, 0.6) is 0 Å². The minimum Gasteiger partial charge on any atom is -0.457 e. The second kappa shape index (κ2) is 5.45. The Kier molecular flexibility index (Phi) is 3.72. The van der Waals surface area contributed by atoms with Crippen LogP contribution in [0.15, 0.2) is 48.5 Å². The molecule has 0 amide bonds. The van der Waals surface area contributed by atoms with Crippen LogP contribution in [-0.4, -0.2) is 5.97 Å². The van der Waals surface area contributed by atoms with Crippen LogP contribution in [0.4, 0.5) is 4.39 Å². The molecule has 0 aliphatic heterocycles. The van der Waals surface area contributed by atoms with Crippen LogP contribution < -0.4 is 0 Å². The number of esters is 1. The van der Waals surface area contributed by atoms with E-state index < -0.39 is 11.8 Å². The summed E-state index contributed by atoms with van der Waals surface area (Å²) in [6.07, 6.45) is 0. The topological polar surface area (TPSA) is 26.3 Å². The van der Waals surface area contributed by atoms with Gasteiger partial charge in [-0.25, -0.2) is 9.18 Å². The van der Waals surface area contributed by atoms with Crippen molar-refractivity contribution in [3.05, 3.63) is 71.0 Å². The van der Waals surface area contributed by atoms with Crippen LogP contribution in [0, 0.1) is 12.7 Å². The SMILES string of the molecule is Cc1cccc(F)c1C(=O)OCc1ccccc1. The van der Waals surface area contributed by atoms with Gasteiger partial charge in [0.05, 0.1) is 5.56 Å². The van der Waals surface area contributed by atoms with E-state index in [0.29, 0.717) is 5.56 Å². The molecule has 0 saturated heterocycles. The molecule has 0 spiro atoms. The van der Waals surface area contributed by atoms with Gasteiger partial charge >= 0.3 is 5.97 Å². The Morgan fingerprint density at radius 3 is 2.50 bits per heavy atom. The van der Waals surface area contributed by atoms with Gasteiger partial charge in [-0.2, -0.15) is 0 Å². The molecule has 0 unspecified atom stereocenters. The van der Waals surface area contributed by atoms with Gasteiger partial charge in [0, 0.05) is 0 Å². The fourth-order valence-corrected chi connectivity index (χ4v) is 1.69. The van der Waals surface area contributed by atoms with Gasteiger partial charge in [-0.15, -0.1) is 0 Å². The van der Waals surface area contributed by atoms with E-state index >= 15 is 0 Å². The molecule has 0 atom stereocenters. The van der Waals surface area contributed by atoms with Crippen molar-refractivity contribution in [3.63, 3.8) is 0 Å². The van der Waals surface area contributed by atoms with Crippen molar-refractivity contribution in [1.82, 2.24) is 0 Å². The van der Waals surface area contributed by atoms with Crippen molar-refractivity contribution in [1.29, 1.82) is 0 Å². The molecule has 0 saturated carbocycles. The summed E-state index contributed by atoms with van der Waals surface area (Å²) in [6, 6.07) is 13.8. The van der Waals surface area contributed by atoms with Gasteiger partial charge in [-0.1, -0.05) is 42.5 Å². The van der Waals surface area contributed by atoms with E-state index in [1.807, 2.05) is 30.3 Å². The molecule has 2 nitrogen and oxygen atoms in total. The number of hydrogen-bond acceptors (Lipinski definition) is 2. The average Bonchev–Trinajstić information content (AvgIpc) is 2.37. The molecule has 0 N–H and O–H groups in total. The zero-order valence-electron chi connectivity index (χ0n) is 10.0. The average molecular weight is 244 g/mol. The largest absolute Gasteiger partial charge is 0.457 e. The van der Waals surface area contributed by atoms with E-state index in [1.165, 1.54) is 6.07 Å². The predicted octanol–water partition coefficient (Wildman–Crippen LogP) is 3.49. The summed E-state index contributed by atoms with van der Waals surface area (Å²) in [5.74, 6) is -1.18. The third kappa shape index (κ3) is 2.74. The maximum Gasteiger partial charge on any atom is 0.341 e. The summed E-state index contributed by atoms with van der Waals surface area (Å²) in [5, 5.41) is 0. The third-order valence-electron chi connectivity index (χ3n) is 2.64. The Balaban J connectivity index is 2.09. The number of hydrogen-bond donors (Lipinski definition) is 0. The molecule has 2 aromatic carbocycles. The number of rotatable bonds is 3. The van der Waals surface area contributed by atoms with Gasteiger partial charge in [0.15, 0.2) is 0 Å². The highest BCUT2D eigenvalue weighted by molar-refractivity contribution is 5.91. The molecular weight excluding hydrogens is 231 g/mol. The fraction of sp³-hybridized carbons (Fsp3) is 0.133. The summed E-state index contributed by atoms with van der Waals surface area (Å²) in [6.45, 7) is 1.83. The number of aryl methyl sites for hydroxylation is 1. The van der Waals surface area contributed by atoms with Crippen molar-refractivity contribution < 1.29 is 13.9 Å². The molecule has 0 fully saturated rings. The van der Waals surface area contributed by atoms with Crippen molar-refractivity contribution in [3.8, 4) is 0 Å². The maximum atomic E-state index is 13.5. The van der Waals surface area contributed by atoms with Crippen molar-refractivity contribution >= 4 is 5.97 Å². The summed E-state index contributed by atoms with van der Waals surface area (Å²) >= 11 is 0. The van der Waals surface area contributed by atoms with Crippen LogP contribution >= 0.6 is 0 Å². The molecule has 3 heteroatoms. The van der Waals surface area contributed by atoms with E-state index in [-0.39, 0.29) is 12.2 Å². The molecule has 0 aliphatic carbocycles. The zero-order valence-corrected chi connectivity index (χ0v) is 10.0. The summed E-state index contributed by atoms with van der Waals surface area (Å²) in [4.78, 5) is 11.8. The maximum absolute atomic E-state index is 13.5. The summed E-state index contributed by atoms with van der Waals surface area (Å²) in [7, 11) is 0. The standard InChI is InChI=1S/C15H13FO2/c1-11-6-5-9-13(16)14(11)15(17)18-10-12-7-3-2-4-8-12/h2-9H,10H2,1H3. The minimum atomic E-state index is -0.630. The van der Waals surface area contributed by atoms with E-state index in [1.54, 1.807) is 19.1 Å². The normalized spacial score (nSPS) is 10.1. The third-order valence-corrected chi connectivity index (χ3v) is 2.64. The second-order valence-electron chi connectivity index (χ2n) is 3.99. The summed E-state index contributed by atoms with van der Waals surface area (Å²) in [5.41, 5.74) is 1.46. The Morgan fingerprint density at radius 2 is 1.83 bits per heavy atom. The van der Waals surface area contributed by atoms with Gasteiger partial charge in [0.25, 0.3) is 0 Å². The summed E-state index contributed by atoms with van der Waals surface area (Å²) < 4.78 is 18.6. The Labute approximate surface area is 105 Å². The van der Waals surface area contributed by atoms with Crippen molar-refractivity contribution in [2.24, 2.45) is 0 Å². The Bertz CT molecular complexity index is 529. The van der Waals surface area contributed by atoms with Crippen LogP contribution in [0.25, 0.3) is 0 Å². The highest BCUT2D eigenvalue weighted by atomic mass is 19.1. The molecule has 0 aliphatic rings. The minimum absolute atomic E-state index is 0.00781. The van der Waals surface area contributed by atoms with E-state index in [9.17, 15) is 9.18 Å². The van der Waals surface area contributed by atoms with Crippen LogP contribution in [0.3, 0.4) is 0 Å². The number of carbonyl (C=O) groups is 1. The number of benzene rings is 2. The molecular formula is C15H13FO2. The predicted molar refractivity (Wildman–Crippen MR) is 66.7 cm³/mol. The van der Waals surface area contributed by atoms with Gasteiger partial charge in [0.1, 0.15) is 12.4 Å². The first-order valence-corrected chi connectivity index (χ1v) is 5.64. The Hall–Kier alpha value is -2.16. The second-order valence-corrected chi connectivity index (χ2v) is 3.99. The van der Waals surface area contributed by atoms with Crippen LogP contribution in [0.1, 0.15) is 21.5 Å². The van der Waals surface area contributed by atoms with Crippen LogP contribution in [0.2, 0.25) is 0 Å². The van der Waals surface area contributed by atoms with Gasteiger partial charge in [0.2, 0.25) is 0 Å². The molecule has 0 aromatic heterocycles. The van der Waals surface area contributed by atoms with Crippen molar-refractivity contribution in [2.75, 3.05) is 0 Å².